The van der Waals surface area contributed by atoms with E-state index in [0.717, 1.165) is 43.4 Å². The fourth-order valence-corrected chi connectivity index (χ4v) is 3.83. The monoisotopic (exact) mass is 381 g/mol. The van der Waals surface area contributed by atoms with Crippen molar-refractivity contribution in [2.75, 3.05) is 18.4 Å². The fraction of sp³-hybridized carbons (Fsp3) is 0.545. The maximum Gasteiger partial charge on any atom is 0.320 e. The topological polar surface area (TPSA) is 73.1 Å². The first kappa shape index (κ1) is 18.8. The van der Waals surface area contributed by atoms with Gasteiger partial charge in [-0.15, -0.1) is 0 Å². The van der Waals surface area contributed by atoms with Crippen LogP contribution in [0.4, 0.5) is 10.6 Å². The maximum atomic E-state index is 12.0. The normalized spacial score (nSPS) is 19.2. The van der Waals surface area contributed by atoms with E-state index in [0.29, 0.717) is 17.8 Å². The molecule has 0 spiro atoms. The van der Waals surface area contributed by atoms with Gasteiger partial charge >= 0.3 is 6.03 Å². The molecule has 1 aliphatic carbocycles. The lowest BCUT2D eigenvalue weighted by atomic mass is 9.94. The number of aromatic nitrogens is 2. The average molecular weight is 382 g/mol. The Labute approximate surface area is 166 Å². The van der Waals surface area contributed by atoms with Gasteiger partial charge in [0.1, 0.15) is 5.82 Å². The number of allylic oxidation sites excluding steroid dienone is 1. The summed E-state index contributed by atoms with van der Waals surface area (Å²) in [5.41, 5.74) is 3.18. The molecule has 1 saturated carbocycles. The van der Waals surface area contributed by atoms with Crippen LogP contribution in [0.2, 0.25) is 0 Å². The van der Waals surface area contributed by atoms with Crippen LogP contribution in [0.15, 0.2) is 30.6 Å². The van der Waals surface area contributed by atoms with Gasteiger partial charge in [0.25, 0.3) is 0 Å². The molecule has 0 saturated heterocycles. The molecule has 2 aromatic rings. The number of nitrogens with one attached hydrogen (secondary N) is 3. The Kier molecular flexibility index (Phi) is 5.84. The van der Waals surface area contributed by atoms with Gasteiger partial charge in [0.2, 0.25) is 0 Å². The number of anilines is 1. The van der Waals surface area contributed by atoms with E-state index in [2.05, 4.69) is 45.9 Å². The molecule has 0 aromatic carbocycles. The van der Waals surface area contributed by atoms with Crippen LogP contribution in [0.25, 0.3) is 11.0 Å². The van der Waals surface area contributed by atoms with Gasteiger partial charge in [-0.05, 0) is 44.0 Å². The number of nitrogens with zero attached hydrogens (tertiary/aromatic N) is 2. The predicted octanol–water partition coefficient (Wildman–Crippen LogP) is 4.73. The van der Waals surface area contributed by atoms with Crippen LogP contribution >= 0.6 is 0 Å². The van der Waals surface area contributed by atoms with Crippen molar-refractivity contribution in [3.63, 3.8) is 0 Å². The first-order valence-electron chi connectivity index (χ1n) is 10.7. The van der Waals surface area contributed by atoms with Crippen LogP contribution in [0, 0.1) is 0 Å². The highest BCUT2D eigenvalue weighted by molar-refractivity contribution is 5.90. The molecule has 1 atom stereocenters. The summed E-state index contributed by atoms with van der Waals surface area (Å²) >= 11 is 0. The van der Waals surface area contributed by atoms with Crippen molar-refractivity contribution in [1.82, 2.24) is 20.2 Å². The van der Waals surface area contributed by atoms with Crippen molar-refractivity contribution in [2.45, 2.75) is 63.8 Å². The van der Waals surface area contributed by atoms with E-state index in [1.165, 1.54) is 31.2 Å². The zero-order chi connectivity index (χ0) is 19.3. The summed E-state index contributed by atoms with van der Waals surface area (Å²) in [5, 5.41) is 5.80. The quantitative estimate of drug-likeness (QED) is 0.579. The number of amides is 2. The molecule has 3 heterocycles. The number of unbranched alkanes of at least 4 members (excludes halogenated alkanes) is 3. The fourth-order valence-electron chi connectivity index (χ4n) is 3.83. The molecule has 1 unspecified atom stereocenters. The molecule has 6 nitrogen and oxygen atoms in total. The van der Waals surface area contributed by atoms with Crippen molar-refractivity contribution in [1.29, 1.82) is 0 Å². The number of carbonyl (C=O) groups is 1. The lowest BCUT2D eigenvalue weighted by Gasteiger charge is -2.27. The van der Waals surface area contributed by atoms with Crippen molar-refractivity contribution < 1.29 is 4.79 Å². The number of carbonyl (C=O) groups excluding carboxylic acids is 1. The summed E-state index contributed by atoms with van der Waals surface area (Å²) in [6, 6.07) is 4.01. The van der Waals surface area contributed by atoms with Gasteiger partial charge in [-0.25, -0.2) is 9.78 Å². The number of urea groups is 1. The summed E-state index contributed by atoms with van der Waals surface area (Å²) in [4.78, 5) is 22.5. The number of pyridine rings is 1. The first-order valence-corrected chi connectivity index (χ1v) is 10.7. The van der Waals surface area contributed by atoms with E-state index in [9.17, 15) is 4.79 Å². The van der Waals surface area contributed by atoms with Gasteiger partial charge in [0, 0.05) is 36.8 Å². The molecule has 150 valence electrons. The van der Waals surface area contributed by atoms with E-state index in [4.69, 9.17) is 4.98 Å². The SMILES string of the molecule is CCCCCCN1C=CC(c2c[nH]c3ccc(NC(=O)NC4CC4)nc23)CC1. The Bertz CT molecular complexity index is 839. The van der Waals surface area contributed by atoms with Crippen molar-refractivity contribution in [2.24, 2.45) is 0 Å². The second-order valence-electron chi connectivity index (χ2n) is 8.04. The Hall–Kier alpha value is -2.50. The first-order chi connectivity index (χ1) is 13.7. The van der Waals surface area contributed by atoms with Crippen LogP contribution in [-0.4, -0.2) is 40.0 Å². The van der Waals surface area contributed by atoms with Gasteiger partial charge in [-0.3, -0.25) is 5.32 Å². The molecule has 2 aliphatic rings. The van der Waals surface area contributed by atoms with E-state index < -0.39 is 0 Å². The van der Waals surface area contributed by atoms with Crippen LogP contribution in [0.1, 0.15) is 63.4 Å². The number of hydrogen-bond donors (Lipinski definition) is 3. The third-order valence-corrected chi connectivity index (χ3v) is 5.66. The minimum Gasteiger partial charge on any atom is -0.378 e. The Balaban J connectivity index is 1.40. The second-order valence-corrected chi connectivity index (χ2v) is 8.04. The van der Waals surface area contributed by atoms with Crippen LogP contribution in [0.3, 0.4) is 0 Å². The summed E-state index contributed by atoms with van der Waals surface area (Å²) < 4.78 is 0. The summed E-state index contributed by atoms with van der Waals surface area (Å²) in [5.74, 6) is 0.965. The van der Waals surface area contributed by atoms with Crippen molar-refractivity contribution in [3.8, 4) is 0 Å². The van der Waals surface area contributed by atoms with E-state index in [-0.39, 0.29) is 6.03 Å². The van der Waals surface area contributed by atoms with E-state index in [1.54, 1.807) is 0 Å². The molecule has 1 fully saturated rings. The smallest absolute Gasteiger partial charge is 0.320 e. The number of fused-ring (bicyclic) bond motifs is 1. The number of H-pyrrole nitrogens is 1. The van der Waals surface area contributed by atoms with Gasteiger partial charge in [0.15, 0.2) is 0 Å². The lowest BCUT2D eigenvalue weighted by Crippen LogP contribution is -2.30. The second kappa shape index (κ2) is 8.67. The third-order valence-electron chi connectivity index (χ3n) is 5.66. The molecule has 6 heteroatoms. The van der Waals surface area contributed by atoms with Crippen LogP contribution < -0.4 is 10.6 Å². The van der Waals surface area contributed by atoms with Crippen LogP contribution in [0.5, 0.6) is 0 Å². The molecule has 2 amide bonds. The van der Waals surface area contributed by atoms with Gasteiger partial charge < -0.3 is 15.2 Å². The molecular weight excluding hydrogens is 350 g/mol. The minimum atomic E-state index is -0.164. The predicted molar refractivity (Wildman–Crippen MR) is 113 cm³/mol. The molecule has 0 bridgehead atoms. The molecule has 4 rings (SSSR count). The van der Waals surface area contributed by atoms with Crippen molar-refractivity contribution >= 4 is 22.9 Å². The summed E-state index contributed by atoms with van der Waals surface area (Å²) in [6.45, 7) is 4.49. The van der Waals surface area contributed by atoms with E-state index in [1.807, 2.05) is 12.1 Å². The van der Waals surface area contributed by atoms with Gasteiger partial charge in [-0.2, -0.15) is 0 Å². The van der Waals surface area contributed by atoms with Crippen molar-refractivity contribution in [3.05, 3.63) is 36.2 Å². The minimum absolute atomic E-state index is 0.164. The average Bonchev–Trinajstić information content (AvgIpc) is 3.41. The Morgan fingerprint density at radius 3 is 2.89 bits per heavy atom. The highest BCUT2D eigenvalue weighted by Crippen LogP contribution is 2.31. The third kappa shape index (κ3) is 4.66. The zero-order valence-electron chi connectivity index (χ0n) is 16.7. The van der Waals surface area contributed by atoms with Gasteiger partial charge in [-0.1, -0.05) is 32.3 Å². The largest absolute Gasteiger partial charge is 0.378 e. The number of hydrogen-bond acceptors (Lipinski definition) is 3. The Morgan fingerprint density at radius 2 is 2.14 bits per heavy atom. The molecule has 28 heavy (non-hydrogen) atoms. The standard InChI is InChI=1S/C22H31N5O/c1-2-3-4-5-12-27-13-10-16(11-14-27)18-15-23-19-8-9-20(25-21(18)19)26-22(28)24-17-6-7-17/h8-10,13,15-17,23H,2-7,11-12,14H2,1H3,(H2,24,25,26,28). The number of rotatable bonds is 8. The summed E-state index contributed by atoms with van der Waals surface area (Å²) in [6.07, 6.45) is 15.1. The highest BCUT2D eigenvalue weighted by Gasteiger charge is 2.23. The van der Waals surface area contributed by atoms with E-state index >= 15 is 0 Å². The Morgan fingerprint density at radius 1 is 1.25 bits per heavy atom. The number of aromatic amines is 1. The maximum absolute atomic E-state index is 12.0. The molecule has 1 aliphatic heterocycles. The molecule has 3 N–H and O–H groups in total. The zero-order valence-corrected chi connectivity index (χ0v) is 16.7. The van der Waals surface area contributed by atoms with Crippen LogP contribution in [-0.2, 0) is 0 Å². The molecule has 2 aromatic heterocycles. The highest BCUT2D eigenvalue weighted by atomic mass is 16.2. The molecule has 0 radical (unpaired) electrons. The lowest BCUT2D eigenvalue weighted by molar-refractivity contribution is 0.251. The summed E-state index contributed by atoms with van der Waals surface area (Å²) in [7, 11) is 0. The molecular formula is C22H31N5O. The van der Waals surface area contributed by atoms with Gasteiger partial charge in [0.05, 0.1) is 11.0 Å².